The van der Waals surface area contributed by atoms with Crippen molar-refractivity contribution in [2.24, 2.45) is 0 Å². The summed E-state index contributed by atoms with van der Waals surface area (Å²) < 4.78 is 0. The highest BCUT2D eigenvalue weighted by Crippen LogP contribution is 2.28. The summed E-state index contributed by atoms with van der Waals surface area (Å²) in [5, 5.41) is 2.36. The second kappa shape index (κ2) is 3.56. The molecular formula is C16H14O. The minimum atomic E-state index is 0.238. The first-order valence-electron chi connectivity index (χ1n) is 5.88. The maximum Gasteiger partial charge on any atom is 0.167 e. The molecule has 0 bridgehead atoms. The fraction of sp³-hybridized carbons (Fsp3) is 0.188. The van der Waals surface area contributed by atoms with Gasteiger partial charge in [-0.3, -0.25) is 4.79 Å². The van der Waals surface area contributed by atoms with Crippen LogP contribution in [0.4, 0.5) is 0 Å². The molecule has 1 heteroatoms. The van der Waals surface area contributed by atoms with Crippen molar-refractivity contribution in [3.63, 3.8) is 0 Å². The monoisotopic (exact) mass is 222 g/mol. The van der Waals surface area contributed by atoms with E-state index < -0.39 is 0 Å². The Kier molecular flexibility index (Phi) is 2.15. The van der Waals surface area contributed by atoms with E-state index in [0.29, 0.717) is 6.42 Å². The first-order valence-corrected chi connectivity index (χ1v) is 5.88. The van der Waals surface area contributed by atoms with Crippen LogP contribution in [-0.4, -0.2) is 5.78 Å². The Labute approximate surface area is 101 Å². The van der Waals surface area contributed by atoms with E-state index in [0.717, 1.165) is 22.1 Å². The van der Waals surface area contributed by atoms with Gasteiger partial charge in [0, 0.05) is 12.0 Å². The molecule has 0 heterocycles. The summed E-state index contributed by atoms with van der Waals surface area (Å²) in [6.07, 6.45) is 2.68. The average molecular weight is 222 g/mol. The van der Waals surface area contributed by atoms with Crippen molar-refractivity contribution < 1.29 is 4.79 Å². The summed E-state index contributed by atoms with van der Waals surface area (Å²) >= 11 is 0. The summed E-state index contributed by atoms with van der Waals surface area (Å²) in [5.74, 6) is 0.238. The number of rotatable bonds is 0. The van der Waals surface area contributed by atoms with Crippen LogP contribution in [0.5, 0.6) is 0 Å². The molecule has 0 radical (unpaired) electrons. The fourth-order valence-corrected chi connectivity index (χ4v) is 2.46. The molecule has 0 aromatic heterocycles. The molecule has 0 aliphatic heterocycles. The molecule has 1 nitrogen and oxygen atoms in total. The van der Waals surface area contributed by atoms with Gasteiger partial charge in [0.15, 0.2) is 5.78 Å². The summed E-state index contributed by atoms with van der Waals surface area (Å²) in [5.41, 5.74) is 4.33. The van der Waals surface area contributed by atoms with E-state index in [9.17, 15) is 4.79 Å². The van der Waals surface area contributed by atoms with Gasteiger partial charge >= 0.3 is 0 Å². The lowest BCUT2D eigenvalue weighted by Gasteiger charge is -2.14. The Bertz CT molecular complexity index is 663. The molecule has 0 saturated heterocycles. The highest BCUT2D eigenvalue weighted by Gasteiger charge is 2.16. The van der Waals surface area contributed by atoms with Gasteiger partial charge in [0.2, 0.25) is 0 Å². The molecule has 2 aromatic rings. The molecule has 1 aliphatic rings. The predicted molar refractivity (Wildman–Crippen MR) is 71.3 cm³/mol. The number of ketones is 1. The Hall–Kier alpha value is -1.89. The number of Topliss-reactive ketones (excluding diaryl/α,β-unsaturated/α-hetero) is 1. The lowest BCUT2D eigenvalue weighted by Crippen LogP contribution is -2.07. The van der Waals surface area contributed by atoms with Crippen LogP contribution in [0.15, 0.2) is 35.9 Å². The Morgan fingerprint density at radius 3 is 2.65 bits per heavy atom. The van der Waals surface area contributed by atoms with Crippen molar-refractivity contribution in [3.05, 3.63) is 52.6 Å². The van der Waals surface area contributed by atoms with E-state index in [-0.39, 0.29) is 5.78 Å². The van der Waals surface area contributed by atoms with Crippen LogP contribution in [0.1, 0.15) is 34.8 Å². The fourth-order valence-electron chi connectivity index (χ4n) is 2.46. The van der Waals surface area contributed by atoms with E-state index in [1.54, 1.807) is 0 Å². The standard InChI is InChI=1S/C16H14O/c1-10-3-4-12-9-15-14(8-13(12)5-10)6-11(2)7-16(15)17/h3-6,8-9H,7H2,1-2H3. The molecule has 3 rings (SSSR count). The summed E-state index contributed by atoms with van der Waals surface area (Å²) in [6, 6.07) is 10.5. The number of carbonyl (C=O) groups is 1. The van der Waals surface area contributed by atoms with Gasteiger partial charge in [-0.15, -0.1) is 0 Å². The van der Waals surface area contributed by atoms with Crippen molar-refractivity contribution in [1.29, 1.82) is 0 Å². The van der Waals surface area contributed by atoms with Crippen LogP contribution in [-0.2, 0) is 0 Å². The molecule has 0 spiro atoms. The zero-order chi connectivity index (χ0) is 12.0. The van der Waals surface area contributed by atoms with Crippen molar-refractivity contribution in [1.82, 2.24) is 0 Å². The van der Waals surface area contributed by atoms with Crippen LogP contribution in [0.3, 0.4) is 0 Å². The van der Waals surface area contributed by atoms with Crippen molar-refractivity contribution in [2.45, 2.75) is 20.3 Å². The molecule has 0 fully saturated rings. The molecule has 17 heavy (non-hydrogen) atoms. The minimum absolute atomic E-state index is 0.238. The molecule has 84 valence electrons. The van der Waals surface area contributed by atoms with Gasteiger partial charge in [-0.05, 0) is 42.3 Å². The first kappa shape index (κ1) is 10.3. The third kappa shape index (κ3) is 1.68. The number of fused-ring (bicyclic) bond motifs is 2. The third-order valence-electron chi connectivity index (χ3n) is 3.31. The number of benzene rings is 2. The second-order valence-electron chi connectivity index (χ2n) is 4.88. The van der Waals surface area contributed by atoms with Crippen LogP contribution < -0.4 is 0 Å². The summed E-state index contributed by atoms with van der Waals surface area (Å²) in [6.45, 7) is 4.10. The molecule has 0 atom stereocenters. The SMILES string of the molecule is CC1=Cc2cc3cc(C)ccc3cc2C(=O)C1. The molecule has 1 aliphatic carbocycles. The second-order valence-corrected chi connectivity index (χ2v) is 4.88. The lowest BCUT2D eigenvalue weighted by atomic mass is 9.89. The van der Waals surface area contributed by atoms with Gasteiger partial charge in [-0.1, -0.05) is 35.4 Å². The van der Waals surface area contributed by atoms with Gasteiger partial charge in [0.25, 0.3) is 0 Å². The maximum absolute atomic E-state index is 12.0. The number of aryl methyl sites for hydroxylation is 1. The zero-order valence-corrected chi connectivity index (χ0v) is 10.1. The molecule has 0 unspecified atom stereocenters. The van der Waals surface area contributed by atoms with Gasteiger partial charge in [-0.25, -0.2) is 0 Å². The van der Waals surface area contributed by atoms with Crippen molar-refractivity contribution in [2.75, 3.05) is 0 Å². The van der Waals surface area contributed by atoms with Gasteiger partial charge in [0.05, 0.1) is 0 Å². The number of allylic oxidation sites excluding steroid dienone is 1. The van der Waals surface area contributed by atoms with E-state index >= 15 is 0 Å². The smallest absolute Gasteiger partial charge is 0.167 e. The predicted octanol–water partition coefficient (Wildman–Crippen LogP) is 4.14. The lowest BCUT2D eigenvalue weighted by molar-refractivity contribution is 0.0991. The molecule has 0 N–H and O–H groups in total. The summed E-state index contributed by atoms with van der Waals surface area (Å²) in [4.78, 5) is 12.0. The average Bonchev–Trinajstić information content (AvgIpc) is 2.26. The van der Waals surface area contributed by atoms with E-state index in [2.05, 4.69) is 37.3 Å². The van der Waals surface area contributed by atoms with Crippen LogP contribution in [0.2, 0.25) is 0 Å². The topological polar surface area (TPSA) is 17.1 Å². The molecule has 2 aromatic carbocycles. The normalized spacial score (nSPS) is 14.7. The van der Waals surface area contributed by atoms with E-state index in [1.165, 1.54) is 10.9 Å². The highest BCUT2D eigenvalue weighted by atomic mass is 16.1. The van der Waals surface area contributed by atoms with Gasteiger partial charge in [-0.2, -0.15) is 0 Å². The number of carbonyl (C=O) groups excluding carboxylic acids is 1. The maximum atomic E-state index is 12.0. The van der Waals surface area contributed by atoms with Gasteiger partial charge < -0.3 is 0 Å². The third-order valence-corrected chi connectivity index (χ3v) is 3.31. The molecule has 0 amide bonds. The largest absolute Gasteiger partial charge is 0.294 e. The quantitative estimate of drug-likeness (QED) is 0.654. The van der Waals surface area contributed by atoms with Crippen molar-refractivity contribution in [3.8, 4) is 0 Å². The number of hydrogen-bond donors (Lipinski definition) is 0. The van der Waals surface area contributed by atoms with Crippen molar-refractivity contribution >= 4 is 22.6 Å². The van der Waals surface area contributed by atoms with Crippen LogP contribution in [0, 0.1) is 6.92 Å². The minimum Gasteiger partial charge on any atom is -0.294 e. The summed E-state index contributed by atoms with van der Waals surface area (Å²) in [7, 11) is 0. The van der Waals surface area contributed by atoms with Gasteiger partial charge in [0.1, 0.15) is 0 Å². The Morgan fingerprint density at radius 1 is 1.00 bits per heavy atom. The van der Waals surface area contributed by atoms with Crippen LogP contribution in [0.25, 0.3) is 16.8 Å². The Morgan fingerprint density at radius 2 is 1.82 bits per heavy atom. The Balaban J connectivity index is 2.34. The molecule has 0 saturated carbocycles. The zero-order valence-electron chi connectivity index (χ0n) is 10.1. The first-order chi connectivity index (χ1) is 8.13. The van der Waals surface area contributed by atoms with E-state index in [1.807, 2.05) is 13.0 Å². The number of hydrogen-bond acceptors (Lipinski definition) is 1. The van der Waals surface area contributed by atoms with E-state index in [4.69, 9.17) is 0 Å². The van der Waals surface area contributed by atoms with Crippen LogP contribution >= 0.6 is 0 Å². The molecular weight excluding hydrogens is 208 g/mol. The highest BCUT2D eigenvalue weighted by molar-refractivity contribution is 6.07.